The summed E-state index contributed by atoms with van der Waals surface area (Å²) >= 11 is 0. The first-order valence-corrected chi connectivity index (χ1v) is 15.3. The molecule has 0 aliphatic rings. The van der Waals surface area contributed by atoms with Gasteiger partial charge in [0.05, 0.1) is 0 Å². The van der Waals surface area contributed by atoms with Gasteiger partial charge in [-0.3, -0.25) is 14.4 Å². The summed E-state index contributed by atoms with van der Waals surface area (Å²) in [7, 11) is 0. The lowest BCUT2D eigenvalue weighted by Gasteiger charge is -2.24. The third-order valence-electron chi connectivity index (χ3n) is 7.32. The smallest absolute Gasteiger partial charge is 0.244 e. The van der Waals surface area contributed by atoms with Crippen molar-refractivity contribution in [1.82, 2.24) is 0 Å². The first kappa shape index (κ1) is 34.9. The fraction of sp³-hybridized carbons (Fsp3) is 0.903. The maximum Gasteiger partial charge on any atom is 0.244 e. The van der Waals surface area contributed by atoms with E-state index >= 15 is 0 Å². The molecule has 0 aromatic rings. The van der Waals surface area contributed by atoms with Gasteiger partial charge in [0.15, 0.2) is 17.7 Å². The van der Waals surface area contributed by atoms with Gasteiger partial charge in [-0.25, -0.2) is 0 Å². The number of rotatable bonds is 28. The third kappa shape index (κ3) is 17.4. The van der Waals surface area contributed by atoms with Crippen LogP contribution >= 0.6 is 0 Å². The summed E-state index contributed by atoms with van der Waals surface area (Å²) in [5.41, 5.74) is -2.73. The lowest BCUT2D eigenvalue weighted by Crippen LogP contribution is -2.54. The Morgan fingerprint density at radius 1 is 0.583 bits per heavy atom. The second-order valence-electron chi connectivity index (χ2n) is 10.7. The van der Waals surface area contributed by atoms with E-state index in [4.69, 9.17) is 0 Å². The molecule has 5 heteroatoms. The Kier molecular flexibility index (Phi) is 23.6. The van der Waals surface area contributed by atoms with E-state index in [0.717, 1.165) is 38.5 Å². The molecular weight excluding hydrogens is 452 g/mol. The molecule has 0 aliphatic carbocycles. The van der Waals surface area contributed by atoms with Gasteiger partial charge in [-0.15, -0.1) is 0 Å². The van der Waals surface area contributed by atoms with Crippen LogP contribution in [0.3, 0.4) is 0 Å². The van der Waals surface area contributed by atoms with Gasteiger partial charge >= 0.3 is 0 Å². The topological polar surface area (TPSA) is 91.7 Å². The number of carbonyl (C=O) groups is 2. The molecule has 0 rings (SSSR count). The largest absolute Gasteiger partial charge is 0.381 e. The zero-order valence-corrected chi connectivity index (χ0v) is 23.7. The predicted molar refractivity (Wildman–Crippen MR) is 149 cm³/mol. The minimum atomic E-state index is -2.73. The fourth-order valence-corrected chi connectivity index (χ4v) is 4.74. The normalized spacial score (nSPS) is 13.9. The minimum absolute atomic E-state index is 0.0223. The molecule has 0 aliphatic heterocycles. The molecule has 0 heterocycles. The molecule has 0 saturated carbocycles. The van der Waals surface area contributed by atoms with Crippen molar-refractivity contribution in [2.24, 2.45) is 0 Å². The van der Waals surface area contributed by atoms with Crippen LogP contribution < -0.4 is 0 Å². The van der Waals surface area contributed by atoms with Gasteiger partial charge in [-0.2, -0.15) is 0 Å². The quantitative estimate of drug-likeness (QED) is 0.0831. The highest BCUT2D eigenvalue weighted by atomic mass is 16.4. The number of Topliss-reactive ketones (excluding diaryl/α,β-unsaturated/α-hetero) is 2. The summed E-state index contributed by atoms with van der Waals surface area (Å²) in [6.45, 7) is 4.44. The van der Waals surface area contributed by atoms with E-state index in [0.29, 0.717) is 12.8 Å². The Balaban J connectivity index is 3.96. The molecule has 0 fully saturated rings. The van der Waals surface area contributed by atoms with E-state index in [1.807, 2.05) is 0 Å². The highest BCUT2D eigenvalue weighted by Crippen LogP contribution is 2.19. The zero-order valence-electron chi connectivity index (χ0n) is 23.7. The van der Waals surface area contributed by atoms with Gasteiger partial charge in [0.1, 0.15) is 0 Å². The second kappa shape index (κ2) is 24.3. The van der Waals surface area contributed by atoms with Crippen LogP contribution in [0.5, 0.6) is 0 Å². The summed E-state index contributed by atoms with van der Waals surface area (Å²) in [5.74, 6) is -1.45. The van der Waals surface area contributed by atoms with E-state index in [2.05, 4.69) is 13.8 Å². The van der Waals surface area contributed by atoms with Crippen LogP contribution in [0.15, 0.2) is 0 Å². The molecule has 2 unspecified atom stereocenters. The van der Waals surface area contributed by atoms with E-state index in [-0.39, 0.29) is 12.8 Å². The SMILES string of the molecule is CCCCCCCCCCCCCC(=O)C(O)C(O)([C]=O)C(=O)CCCCCCCCCCCCC. The second-order valence-corrected chi connectivity index (χ2v) is 10.7. The Morgan fingerprint density at radius 2 is 0.889 bits per heavy atom. The molecule has 2 atom stereocenters. The maximum absolute atomic E-state index is 12.4. The number of unbranched alkanes of at least 4 members (excludes halogenated alkanes) is 20. The number of hydrogen-bond acceptors (Lipinski definition) is 5. The predicted octanol–water partition coefficient (Wildman–Crippen LogP) is 7.73. The fourth-order valence-electron chi connectivity index (χ4n) is 4.74. The molecular formula is C31H57O5. The van der Waals surface area contributed by atoms with Gasteiger partial charge in [0.25, 0.3) is 0 Å². The van der Waals surface area contributed by atoms with Crippen LogP contribution in [0.4, 0.5) is 0 Å². The average Bonchev–Trinajstić information content (AvgIpc) is 2.89. The lowest BCUT2D eigenvalue weighted by molar-refractivity contribution is -0.150. The molecule has 0 spiro atoms. The van der Waals surface area contributed by atoms with Crippen molar-refractivity contribution >= 4 is 17.9 Å². The summed E-state index contributed by atoms with van der Waals surface area (Å²) in [6, 6.07) is 0. The Bertz CT molecular complexity index is 547. The summed E-state index contributed by atoms with van der Waals surface area (Å²) in [4.78, 5) is 36.1. The van der Waals surface area contributed by atoms with E-state index in [1.165, 1.54) is 96.2 Å². The van der Waals surface area contributed by atoms with E-state index in [1.54, 1.807) is 0 Å². The molecule has 36 heavy (non-hydrogen) atoms. The average molecular weight is 510 g/mol. The standard InChI is InChI=1S/C31H57O5/c1-3-5-7-9-11-13-15-17-19-21-23-25-28(33)30(35)31(36,27-32)29(34)26-24-22-20-18-16-14-12-10-8-6-4-2/h30,35-36H,3-26H2,1-2H3. The molecule has 5 nitrogen and oxygen atoms in total. The molecule has 211 valence electrons. The van der Waals surface area contributed by atoms with Gasteiger partial charge in [0.2, 0.25) is 11.9 Å². The number of carbonyl (C=O) groups excluding carboxylic acids is 3. The molecule has 0 aromatic heterocycles. The first-order chi connectivity index (χ1) is 17.4. The van der Waals surface area contributed by atoms with Crippen LogP contribution in [-0.4, -0.2) is 39.8 Å². The van der Waals surface area contributed by atoms with Crippen LogP contribution in [-0.2, 0) is 14.4 Å². The van der Waals surface area contributed by atoms with Crippen LogP contribution in [0.1, 0.15) is 168 Å². The Labute approximate surface area is 222 Å². The minimum Gasteiger partial charge on any atom is -0.381 e. The van der Waals surface area contributed by atoms with Crippen molar-refractivity contribution in [1.29, 1.82) is 0 Å². The number of aliphatic hydroxyl groups is 2. The first-order valence-electron chi connectivity index (χ1n) is 15.3. The van der Waals surface area contributed by atoms with Crippen molar-refractivity contribution in [2.45, 2.75) is 180 Å². The van der Waals surface area contributed by atoms with Crippen molar-refractivity contribution in [3.63, 3.8) is 0 Å². The number of ketones is 2. The van der Waals surface area contributed by atoms with Crippen molar-refractivity contribution in [3.05, 3.63) is 0 Å². The Morgan fingerprint density at radius 3 is 1.22 bits per heavy atom. The third-order valence-corrected chi connectivity index (χ3v) is 7.32. The number of aliphatic hydroxyl groups excluding tert-OH is 1. The highest BCUT2D eigenvalue weighted by molar-refractivity contribution is 6.07. The van der Waals surface area contributed by atoms with Crippen LogP contribution in [0.2, 0.25) is 0 Å². The molecule has 2 N–H and O–H groups in total. The van der Waals surface area contributed by atoms with Crippen LogP contribution in [0.25, 0.3) is 0 Å². The molecule has 0 bridgehead atoms. The Hall–Kier alpha value is -1.07. The summed E-state index contributed by atoms with van der Waals surface area (Å²) < 4.78 is 0. The maximum atomic E-state index is 12.4. The zero-order chi connectivity index (χ0) is 26.9. The van der Waals surface area contributed by atoms with Gasteiger partial charge in [-0.1, -0.05) is 142 Å². The molecule has 0 saturated heterocycles. The van der Waals surface area contributed by atoms with Crippen molar-refractivity contribution < 1.29 is 24.6 Å². The number of hydrogen-bond donors (Lipinski definition) is 2. The van der Waals surface area contributed by atoms with Gasteiger partial charge in [-0.05, 0) is 12.8 Å². The summed E-state index contributed by atoms with van der Waals surface area (Å²) in [6.07, 6.45) is 24.3. The monoisotopic (exact) mass is 509 g/mol. The molecule has 0 aromatic carbocycles. The summed E-state index contributed by atoms with van der Waals surface area (Å²) in [5, 5.41) is 20.7. The molecule has 1 radical (unpaired) electrons. The lowest BCUT2D eigenvalue weighted by atomic mass is 9.86. The van der Waals surface area contributed by atoms with E-state index in [9.17, 15) is 24.6 Å². The van der Waals surface area contributed by atoms with Crippen molar-refractivity contribution in [3.8, 4) is 0 Å². The van der Waals surface area contributed by atoms with E-state index < -0.39 is 23.3 Å². The molecule has 0 amide bonds. The van der Waals surface area contributed by atoms with Crippen LogP contribution in [0, 0.1) is 0 Å². The van der Waals surface area contributed by atoms with Gasteiger partial charge in [0, 0.05) is 12.8 Å². The van der Waals surface area contributed by atoms with Crippen molar-refractivity contribution in [2.75, 3.05) is 0 Å². The highest BCUT2D eigenvalue weighted by Gasteiger charge is 2.46. The van der Waals surface area contributed by atoms with Gasteiger partial charge < -0.3 is 10.2 Å².